The molecule has 0 aliphatic carbocycles. The standard InChI is InChI=1S/C21H20F3N5O/c22-21(23,24)17-6-7-19(25-14-17)27-8-10-28(11-9-27)20(30)12-16-13-26-29(15-16)18-4-2-1-3-5-18/h1-7,13-15H,8-12H2. The van der Waals surface area contributed by atoms with Crippen molar-refractivity contribution in [2.24, 2.45) is 0 Å². The predicted molar refractivity (Wildman–Crippen MR) is 105 cm³/mol. The van der Waals surface area contributed by atoms with Crippen LogP contribution in [0.2, 0.25) is 0 Å². The van der Waals surface area contributed by atoms with Crippen molar-refractivity contribution in [3.05, 3.63) is 72.2 Å². The number of nitrogens with zero attached hydrogens (tertiary/aromatic N) is 5. The Bertz CT molecular complexity index is 993. The van der Waals surface area contributed by atoms with Gasteiger partial charge in [0.05, 0.1) is 23.9 Å². The van der Waals surface area contributed by atoms with Crippen LogP contribution in [0.15, 0.2) is 61.1 Å². The SMILES string of the molecule is O=C(Cc1cnn(-c2ccccc2)c1)N1CCN(c2ccc(C(F)(F)F)cn2)CC1. The summed E-state index contributed by atoms with van der Waals surface area (Å²) in [5.41, 5.74) is 0.987. The van der Waals surface area contributed by atoms with Crippen molar-refractivity contribution in [3.8, 4) is 5.69 Å². The molecule has 0 unspecified atom stereocenters. The highest BCUT2D eigenvalue weighted by atomic mass is 19.4. The lowest BCUT2D eigenvalue weighted by molar-refractivity contribution is -0.137. The van der Waals surface area contributed by atoms with E-state index in [2.05, 4.69) is 10.1 Å². The summed E-state index contributed by atoms with van der Waals surface area (Å²) in [5.74, 6) is 0.488. The van der Waals surface area contributed by atoms with Crippen molar-refractivity contribution in [2.45, 2.75) is 12.6 Å². The zero-order valence-corrected chi connectivity index (χ0v) is 16.1. The number of benzene rings is 1. The second-order valence-electron chi connectivity index (χ2n) is 7.08. The molecule has 0 atom stereocenters. The van der Waals surface area contributed by atoms with Gasteiger partial charge in [0.1, 0.15) is 5.82 Å². The number of halogens is 3. The van der Waals surface area contributed by atoms with E-state index in [-0.39, 0.29) is 12.3 Å². The molecule has 9 heteroatoms. The highest BCUT2D eigenvalue weighted by molar-refractivity contribution is 5.79. The molecule has 0 spiro atoms. The van der Waals surface area contributed by atoms with Gasteiger partial charge in [-0.15, -0.1) is 0 Å². The molecule has 1 aliphatic rings. The minimum atomic E-state index is -4.40. The number of anilines is 1. The van der Waals surface area contributed by atoms with Gasteiger partial charge in [-0.05, 0) is 29.8 Å². The Morgan fingerprint density at radius 2 is 1.70 bits per heavy atom. The lowest BCUT2D eigenvalue weighted by atomic mass is 10.2. The lowest BCUT2D eigenvalue weighted by Gasteiger charge is -2.35. The zero-order valence-electron chi connectivity index (χ0n) is 16.1. The third kappa shape index (κ3) is 4.45. The lowest BCUT2D eigenvalue weighted by Crippen LogP contribution is -2.49. The summed E-state index contributed by atoms with van der Waals surface area (Å²) in [4.78, 5) is 20.2. The molecule has 3 aromatic rings. The maximum absolute atomic E-state index is 12.7. The van der Waals surface area contributed by atoms with E-state index in [1.54, 1.807) is 15.8 Å². The molecule has 156 valence electrons. The minimum absolute atomic E-state index is 0.00244. The van der Waals surface area contributed by atoms with Crippen molar-refractivity contribution in [2.75, 3.05) is 31.1 Å². The van der Waals surface area contributed by atoms with Crippen LogP contribution in [-0.4, -0.2) is 51.8 Å². The Hall–Kier alpha value is -3.36. The van der Waals surface area contributed by atoms with E-state index in [1.807, 2.05) is 41.4 Å². The number of alkyl halides is 3. The molecule has 1 aromatic carbocycles. The highest BCUT2D eigenvalue weighted by Crippen LogP contribution is 2.29. The molecule has 4 rings (SSSR count). The van der Waals surface area contributed by atoms with E-state index < -0.39 is 11.7 Å². The Kier molecular flexibility index (Phi) is 5.43. The van der Waals surface area contributed by atoms with Gasteiger partial charge in [0, 0.05) is 38.6 Å². The summed E-state index contributed by atoms with van der Waals surface area (Å²) in [6.45, 7) is 2.03. The molecule has 1 fully saturated rings. The highest BCUT2D eigenvalue weighted by Gasteiger charge is 2.31. The molecule has 1 aliphatic heterocycles. The largest absolute Gasteiger partial charge is 0.417 e. The molecule has 1 saturated heterocycles. The molecule has 0 saturated carbocycles. The monoisotopic (exact) mass is 415 g/mol. The van der Waals surface area contributed by atoms with Crippen molar-refractivity contribution in [3.63, 3.8) is 0 Å². The number of carbonyl (C=O) groups excluding carboxylic acids is 1. The average molecular weight is 415 g/mol. The summed E-state index contributed by atoms with van der Waals surface area (Å²) in [5, 5.41) is 4.31. The first-order valence-corrected chi connectivity index (χ1v) is 9.55. The molecule has 1 amide bonds. The van der Waals surface area contributed by atoms with Gasteiger partial charge < -0.3 is 9.80 Å². The average Bonchev–Trinajstić information content (AvgIpc) is 3.22. The summed E-state index contributed by atoms with van der Waals surface area (Å²) < 4.78 is 39.8. The predicted octanol–water partition coefficient (Wildman–Crippen LogP) is 3.18. The second-order valence-corrected chi connectivity index (χ2v) is 7.08. The zero-order chi connectivity index (χ0) is 21.1. The Labute approximate surface area is 171 Å². The van der Waals surface area contributed by atoms with Crippen molar-refractivity contribution < 1.29 is 18.0 Å². The number of piperazine rings is 1. The van der Waals surface area contributed by atoms with Crippen LogP contribution >= 0.6 is 0 Å². The molecule has 6 nitrogen and oxygen atoms in total. The fourth-order valence-electron chi connectivity index (χ4n) is 3.39. The maximum Gasteiger partial charge on any atom is 0.417 e. The number of pyridine rings is 1. The third-order valence-corrected chi connectivity index (χ3v) is 5.04. The Morgan fingerprint density at radius 1 is 0.967 bits per heavy atom. The number of para-hydroxylation sites is 1. The van der Waals surface area contributed by atoms with Gasteiger partial charge >= 0.3 is 6.18 Å². The number of carbonyl (C=O) groups is 1. The summed E-state index contributed by atoms with van der Waals surface area (Å²) >= 11 is 0. The van der Waals surface area contributed by atoms with Gasteiger partial charge in [-0.2, -0.15) is 18.3 Å². The molecule has 0 radical (unpaired) electrons. The van der Waals surface area contributed by atoms with Crippen molar-refractivity contribution in [1.29, 1.82) is 0 Å². The fraction of sp³-hybridized carbons (Fsp3) is 0.286. The summed E-state index contributed by atoms with van der Waals surface area (Å²) in [6.07, 6.45) is 0.233. The van der Waals surface area contributed by atoms with Gasteiger partial charge in [-0.25, -0.2) is 9.67 Å². The Morgan fingerprint density at radius 3 is 2.33 bits per heavy atom. The molecule has 0 bridgehead atoms. The third-order valence-electron chi connectivity index (χ3n) is 5.04. The molecule has 3 heterocycles. The van der Waals surface area contributed by atoms with Crippen LogP contribution in [0, 0.1) is 0 Å². The number of hydrogen-bond acceptors (Lipinski definition) is 4. The molecule has 0 N–H and O–H groups in total. The van der Waals surface area contributed by atoms with E-state index in [4.69, 9.17) is 0 Å². The van der Waals surface area contributed by atoms with Crippen molar-refractivity contribution >= 4 is 11.7 Å². The second kappa shape index (κ2) is 8.17. The quantitative estimate of drug-likeness (QED) is 0.657. The van der Waals surface area contributed by atoms with Crippen LogP contribution in [0.25, 0.3) is 5.69 Å². The topological polar surface area (TPSA) is 54.3 Å². The molecule has 30 heavy (non-hydrogen) atoms. The fourth-order valence-corrected chi connectivity index (χ4v) is 3.39. The van der Waals surface area contributed by atoms with E-state index in [9.17, 15) is 18.0 Å². The van der Waals surface area contributed by atoms with Gasteiger partial charge in [0.2, 0.25) is 5.91 Å². The smallest absolute Gasteiger partial charge is 0.353 e. The number of aromatic nitrogens is 3. The van der Waals surface area contributed by atoms with Crippen LogP contribution in [0.5, 0.6) is 0 Å². The van der Waals surface area contributed by atoms with Crippen molar-refractivity contribution in [1.82, 2.24) is 19.7 Å². The molecular weight excluding hydrogens is 395 g/mol. The van der Waals surface area contributed by atoms with Gasteiger partial charge in [0.15, 0.2) is 0 Å². The van der Waals surface area contributed by atoms with Crippen LogP contribution in [0.4, 0.5) is 19.0 Å². The number of amides is 1. The molecule has 2 aromatic heterocycles. The van der Waals surface area contributed by atoms with Gasteiger partial charge in [0.25, 0.3) is 0 Å². The Balaban J connectivity index is 1.32. The van der Waals surface area contributed by atoms with Crippen LogP contribution in [0.3, 0.4) is 0 Å². The van der Waals surface area contributed by atoms with E-state index >= 15 is 0 Å². The van der Waals surface area contributed by atoms with Crippen LogP contribution in [0.1, 0.15) is 11.1 Å². The first-order chi connectivity index (χ1) is 14.4. The summed E-state index contributed by atoms with van der Waals surface area (Å²) in [6, 6.07) is 12.1. The number of rotatable bonds is 4. The van der Waals surface area contributed by atoms with Gasteiger partial charge in [-0.1, -0.05) is 18.2 Å². The minimum Gasteiger partial charge on any atom is -0.353 e. The summed E-state index contributed by atoms with van der Waals surface area (Å²) in [7, 11) is 0. The maximum atomic E-state index is 12.7. The first kappa shape index (κ1) is 19.9. The first-order valence-electron chi connectivity index (χ1n) is 9.55. The number of hydrogen-bond donors (Lipinski definition) is 0. The normalized spacial score (nSPS) is 14.8. The van der Waals surface area contributed by atoms with Crippen LogP contribution in [-0.2, 0) is 17.4 Å². The van der Waals surface area contributed by atoms with Crippen LogP contribution < -0.4 is 4.90 Å². The van der Waals surface area contributed by atoms with Gasteiger partial charge in [-0.3, -0.25) is 4.79 Å². The molecular formula is C21H20F3N5O. The van der Waals surface area contributed by atoms with E-state index in [1.165, 1.54) is 6.07 Å². The van der Waals surface area contributed by atoms with E-state index in [0.717, 1.165) is 23.5 Å². The van der Waals surface area contributed by atoms with E-state index in [0.29, 0.717) is 32.0 Å².